The van der Waals surface area contributed by atoms with Crippen LogP contribution in [0, 0.1) is 11.8 Å². The molecule has 0 bridgehead atoms. The second kappa shape index (κ2) is 3.79. The van der Waals surface area contributed by atoms with Gasteiger partial charge in [-0.05, 0) is 24.7 Å². The van der Waals surface area contributed by atoms with E-state index in [1.54, 1.807) is 0 Å². The standard InChI is InChI=1S/C11H19NO/c1-2-11(13)8-12-6-9-4-3-5-10(9)7-12/h9-10H,2-8H2,1H3. The number of carbonyl (C=O) groups excluding carboxylic acids is 1. The minimum absolute atomic E-state index is 0.403. The molecule has 0 aromatic carbocycles. The summed E-state index contributed by atoms with van der Waals surface area (Å²) in [5.74, 6) is 2.24. The van der Waals surface area contributed by atoms with Crippen molar-refractivity contribution in [2.24, 2.45) is 11.8 Å². The van der Waals surface area contributed by atoms with Gasteiger partial charge in [0, 0.05) is 19.5 Å². The van der Waals surface area contributed by atoms with Crippen molar-refractivity contribution in [1.29, 1.82) is 0 Å². The van der Waals surface area contributed by atoms with Gasteiger partial charge in [-0.15, -0.1) is 0 Å². The van der Waals surface area contributed by atoms with Crippen LogP contribution in [0.25, 0.3) is 0 Å². The van der Waals surface area contributed by atoms with Gasteiger partial charge in [0.25, 0.3) is 0 Å². The normalized spacial score (nSPS) is 33.6. The third-order valence-electron chi connectivity index (χ3n) is 3.60. The van der Waals surface area contributed by atoms with E-state index in [9.17, 15) is 4.79 Å². The molecule has 2 aliphatic rings. The Labute approximate surface area is 80.3 Å². The molecule has 1 saturated heterocycles. The molecule has 1 heterocycles. The topological polar surface area (TPSA) is 20.3 Å². The summed E-state index contributed by atoms with van der Waals surface area (Å²) in [6, 6.07) is 0. The van der Waals surface area contributed by atoms with Crippen molar-refractivity contribution in [2.75, 3.05) is 19.6 Å². The Kier molecular flexibility index (Phi) is 2.68. The van der Waals surface area contributed by atoms with Crippen molar-refractivity contribution < 1.29 is 4.79 Å². The summed E-state index contributed by atoms with van der Waals surface area (Å²) in [6.45, 7) is 5.05. The van der Waals surface area contributed by atoms with E-state index in [0.717, 1.165) is 11.8 Å². The van der Waals surface area contributed by atoms with E-state index in [1.807, 2.05) is 6.92 Å². The lowest BCUT2D eigenvalue weighted by atomic mass is 10.0. The maximum Gasteiger partial charge on any atom is 0.146 e. The third kappa shape index (κ3) is 1.93. The summed E-state index contributed by atoms with van der Waals surface area (Å²) < 4.78 is 0. The summed E-state index contributed by atoms with van der Waals surface area (Å²) >= 11 is 0. The highest BCUT2D eigenvalue weighted by molar-refractivity contribution is 5.80. The second-order valence-electron chi connectivity index (χ2n) is 4.54. The predicted molar refractivity (Wildman–Crippen MR) is 52.6 cm³/mol. The Balaban J connectivity index is 1.82. The first-order valence-corrected chi connectivity index (χ1v) is 5.53. The van der Waals surface area contributed by atoms with Gasteiger partial charge in [-0.25, -0.2) is 0 Å². The molecule has 0 N–H and O–H groups in total. The van der Waals surface area contributed by atoms with Gasteiger partial charge >= 0.3 is 0 Å². The van der Waals surface area contributed by atoms with E-state index in [4.69, 9.17) is 0 Å². The first kappa shape index (κ1) is 9.20. The smallest absolute Gasteiger partial charge is 0.146 e. The number of Topliss-reactive ketones (excluding diaryl/α,β-unsaturated/α-hetero) is 1. The Morgan fingerprint density at radius 1 is 1.31 bits per heavy atom. The van der Waals surface area contributed by atoms with Crippen LogP contribution < -0.4 is 0 Å². The average molecular weight is 181 g/mol. The number of nitrogens with zero attached hydrogens (tertiary/aromatic N) is 1. The van der Waals surface area contributed by atoms with Gasteiger partial charge in [-0.1, -0.05) is 13.3 Å². The molecule has 2 fully saturated rings. The predicted octanol–water partition coefficient (Wildman–Crippen LogP) is 1.70. The fourth-order valence-corrected chi connectivity index (χ4v) is 2.82. The van der Waals surface area contributed by atoms with Crippen LogP contribution in [0.4, 0.5) is 0 Å². The molecule has 1 aliphatic carbocycles. The maximum absolute atomic E-state index is 11.2. The van der Waals surface area contributed by atoms with Crippen molar-refractivity contribution in [3.8, 4) is 0 Å². The maximum atomic E-state index is 11.2. The molecule has 0 radical (unpaired) electrons. The number of hydrogen-bond acceptors (Lipinski definition) is 2. The fourth-order valence-electron chi connectivity index (χ4n) is 2.82. The lowest BCUT2D eigenvalue weighted by Gasteiger charge is -2.14. The van der Waals surface area contributed by atoms with Crippen molar-refractivity contribution in [3.05, 3.63) is 0 Å². The molecule has 1 saturated carbocycles. The van der Waals surface area contributed by atoms with Crippen molar-refractivity contribution in [1.82, 2.24) is 4.90 Å². The van der Waals surface area contributed by atoms with Crippen LogP contribution in [-0.4, -0.2) is 30.3 Å². The van der Waals surface area contributed by atoms with Gasteiger partial charge in [0.15, 0.2) is 0 Å². The van der Waals surface area contributed by atoms with Gasteiger partial charge in [0.2, 0.25) is 0 Å². The number of carbonyl (C=O) groups is 1. The van der Waals surface area contributed by atoms with E-state index in [2.05, 4.69) is 4.90 Å². The highest BCUT2D eigenvalue weighted by atomic mass is 16.1. The summed E-state index contributed by atoms with van der Waals surface area (Å²) in [5.41, 5.74) is 0. The molecule has 0 amide bonds. The van der Waals surface area contributed by atoms with Crippen molar-refractivity contribution in [2.45, 2.75) is 32.6 Å². The zero-order valence-electron chi connectivity index (χ0n) is 8.46. The molecule has 0 aromatic heterocycles. The van der Waals surface area contributed by atoms with Crippen LogP contribution in [0.15, 0.2) is 0 Å². The van der Waals surface area contributed by atoms with E-state index in [1.165, 1.54) is 32.4 Å². The van der Waals surface area contributed by atoms with Crippen LogP contribution in [-0.2, 0) is 4.79 Å². The first-order valence-electron chi connectivity index (χ1n) is 5.53. The highest BCUT2D eigenvalue weighted by Gasteiger charge is 2.36. The molecule has 0 aromatic rings. The lowest BCUT2D eigenvalue weighted by molar-refractivity contribution is -0.119. The first-order chi connectivity index (χ1) is 6.29. The molecule has 74 valence electrons. The van der Waals surface area contributed by atoms with Crippen LogP contribution in [0.3, 0.4) is 0 Å². The van der Waals surface area contributed by atoms with Crippen molar-refractivity contribution in [3.63, 3.8) is 0 Å². The summed E-state index contributed by atoms with van der Waals surface area (Å²) in [4.78, 5) is 13.6. The SMILES string of the molecule is CCC(=O)CN1CC2CCCC2C1. The minimum Gasteiger partial charge on any atom is -0.298 e. The monoisotopic (exact) mass is 181 g/mol. The molecule has 13 heavy (non-hydrogen) atoms. The van der Waals surface area contributed by atoms with Crippen molar-refractivity contribution >= 4 is 5.78 Å². The highest BCUT2D eigenvalue weighted by Crippen LogP contribution is 2.37. The lowest BCUT2D eigenvalue weighted by Crippen LogP contribution is -2.28. The van der Waals surface area contributed by atoms with E-state index < -0.39 is 0 Å². The third-order valence-corrected chi connectivity index (χ3v) is 3.60. The number of hydrogen-bond donors (Lipinski definition) is 0. The number of ketones is 1. The van der Waals surface area contributed by atoms with Crippen LogP contribution >= 0.6 is 0 Å². The summed E-state index contributed by atoms with van der Waals surface area (Å²) in [7, 11) is 0. The van der Waals surface area contributed by atoms with Gasteiger partial charge in [-0.3, -0.25) is 9.69 Å². The second-order valence-corrected chi connectivity index (χ2v) is 4.54. The van der Waals surface area contributed by atoms with Crippen LogP contribution in [0.2, 0.25) is 0 Å². The van der Waals surface area contributed by atoms with E-state index >= 15 is 0 Å². The van der Waals surface area contributed by atoms with Gasteiger partial charge in [0.05, 0.1) is 6.54 Å². The van der Waals surface area contributed by atoms with Crippen LogP contribution in [0.1, 0.15) is 32.6 Å². The summed E-state index contributed by atoms with van der Waals surface area (Å²) in [5, 5.41) is 0. The van der Waals surface area contributed by atoms with Gasteiger partial charge in [-0.2, -0.15) is 0 Å². The molecule has 0 spiro atoms. The van der Waals surface area contributed by atoms with E-state index in [-0.39, 0.29) is 0 Å². The summed E-state index contributed by atoms with van der Waals surface area (Å²) in [6.07, 6.45) is 4.93. The zero-order valence-corrected chi connectivity index (χ0v) is 8.46. The molecule has 1 aliphatic heterocycles. The molecule has 2 unspecified atom stereocenters. The largest absolute Gasteiger partial charge is 0.298 e. The zero-order chi connectivity index (χ0) is 9.26. The molecule has 2 rings (SSSR count). The Morgan fingerprint density at radius 2 is 1.92 bits per heavy atom. The van der Waals surface area contributed by atoms with E-state index in [0.29, 0.717) is 18.7 Å². The Morgan fingerprint density at radius 3 is 2.46 bits per heavy atom. The molecule has 2 heteroatoms. The number of fused-ring (bicyclic) bond motifs is 1. The number of rotatable bonds is 3. The Hall–Kier alpha value is -0.370. The van der Waals surface area contributed by atoms with Crippen LogP contribution in [0.5, 0.6) is 0 Å². The minimum atomic E-state index is 0.403. The number of likely N-dealkylation sites (tertiary alicyclic amines) is 1. The Bertz CT molecular complexity index is 190. The molecule has 2 atom stereocenters. The van der Waals surface area contributed by atoms with Gasteiger partial charge < -0.3 is 0 Å². The fraction of sp³-hybridized carbons (Fsp3) is 0.909. The quantitative estimate of drug-likeness (QED) is 0.660. The van der Waals surface area contributed by atoms with Gasteiger partial charge in [0.1, 0.15) is 5.78 Å². The average Bonchev–Trinajstić information content (AvgIpc) is 2.63. The molecular weight excluding hydrogens is 162 g/mol. The molecular formula is C11H19NO. The molecule has 2 nitrogen and oxygen atoms in total.